The molecule has 2 heterocycles. The van der Waals surface area contributed by atoms with Crippen molar-refractivity contribution in [2.24, 2.45) is 0 Å². The zero-order valence-electron chi connectivity index (χ0n) is 12.6. The van der Waals surface area contributed by atoms with Crippen LogP contribution in [-0.2, 0) is 13.0 Å². The summed E-state index contributed by atoms with van der Waals surface area (Å²) in [6.07, 6.45) is 0.939. The quantitative estimate of drug-likeness (QED) is 0.771. The molecule has 1 aromatic carbocycles. The lowest BCUT2D eigenvalue weighted by molar-refractivity contribution is 1.03. The fraction of sp³-hybridized carbons (Fsp3) is 0.294. The van der Waals surface area contributed by atoms with Crippen molar-refractivity contribution in [3.8, 4) is 0 Å². The Kier molecular flexibility index (Phi) is 3.88. The highest BCUT2D eigenvalue weighted by Crippen LogP contribution is 2.25. The zero-order valence-corrected chi connectivity index (χ0v) is 13.4. The van der Waals surface area contributed by atoms with Gasteiger partial charge in [-0.15, -0.1) is 11.3 Å². The number of aromatic nitrogens is 2. The van der Waals surface area contributed by atoms with Gasteiger partial charge >= 0.3 is 0 Å². The predicted octanol–water partition coefficient (Wildman–Crippen LogP) is 4.48. The summed E-state index contributed by atoms with van der Waals surface area (Å²) in [4.78, 5) is 10.6. The number of hydrogen-bond donors (Lipinski definition) is 1. The molecule has 3 nitrogen and oxygen atoms in total. The number of anilines is 1. The van der Waals surface area contributed by atoms with Gasteiger partial charge in [0.25, 0.3) is 0 Å². The van der Waals surface area contributed by atoms with Gasteiger partial charge in [-0.05, 0) is 32.4 Å². The number of benzene rings is 1. The van der Waals surface area contributed by atoms with E-state index in [-0.39, 0.29) is 0 Å². The topological polar surface area (TPSA) is 37.8 Å². The second kappa shape index (κ2) is 5.82. The maximum Gasteiger partial charge on any atom is 0.0900 e. The molecule has 0 amide bonds. The average Bonchev–Trinajstić information content (AvgIpc) is 2.82. The van der Waals surface area contributed by atoms with Gasteiger partial charge in [-0.2, -0.15) is 0 Å². The lowest BCUT2D eigenvalue weighted by Gasteiger charge is -2.11. The monoisotopic (exact) mass is 297 g/mol. The van der Waals surface area contributed by atoms with Crippen molar-refractivity contribution >= 4 is 27.9 Å². The van der Waals surface area contributed by atoms with Crippen LogP contribution in [0.5, 0.6) is 0 Å². The first-order chi connectivity index (χ1) is 10.2. The van der Waals surface area contributed by atoms with E-state index in [1.807, 2.05) is 6.07 Å². The summed E-state index contributed by atoms with van der Waals surface area (Å²) in [5, 5.41) is 5.83. The van der Waals surface area contributed by atoms with Crippen molar-refractivity contribution in [3.63, 3.8) is 0 Å². The number of fused-ring (bicyclic) bond motifs is 1. The van der Waals surface area contributed by atoms with Crippen LogP contribution in [0.25, 0.3) is 10.9 Å². The third kappa shape index (κ3) is 2.90. The van der Waals surface area contributed by atoms with Crippen LogP contribution in [-0.4, -0.2) is 9.97 Å². The van der Waals surface area contributed by atoms with Crippen LogP contribution in [0.3, 0.4) is 0 Å². The fourth-order valence-electron chi connectivity index (χ4n) is 2.47. The highest BCUT2D eigenvalue weighted by molar-refractivity contribution is 7.11. The molecule has 1 N–H and O–H groups in total. The summed E-state index contributed by atoms with van der Waals surface area (Å²) >= 11 is 1.75. The van der Waals surface area contributed by atoms with Crippen LogP contribution in [0.1, 0.15) is 28.2 Å². The van der Waals surface area contributed by atoms with E-state index in [0.717, 1.165) is 40.6 Å². The van der Waals surface area contributed by atoms with E-state index < -0.39 is 0 Å². The van der Waals surface area contributed by atoms with E-state index in [1.54, 1.807) is 11.3 Å². The molecular weight excluding hydrogens is 278 g/mol. The van der Waals surface area contributed by atoms with Gasteiger partial charge in [0.05, 0.1) is 22.8 Å². The van der Waals surface area contributed by atoms with Gasteiger partial charge in [-0.1, -0.05) is 25.1 Å². The average molecular weight is 297 g/mol. The summed E-state index contributed by atoms with van der Waals surface area (Å²) in [5.74, 6) is 0. The van der Waals surface area contributed by atoms with Crippen molar-refractivity contribution in [1.29, 1.82) is 0 Å². The van der Waals surface area contributed by atoms with Crippen LogP contribution in [0.2, 0.25) is 0 Å². The molecule has 0 aliphatic rings. The van der Waals surface area contributed by atoms with Gasteiger partial charge in [0.15, 0.2) is 0 Å². The Bertz CT molecular complexity index is 777. The van der Waals surface area contributed by atoms with E-state index in [0.29, 0.717) is 0 Å². The van der Waals surface area contributed by atoms with Crippen LogP contribution in [0, 0.1) is 13.8 Å². The van der Waals surface area contributed by atoms with E-state index in [1.165, 1.54) is 10.3 Å². The van der Waals surface area contributed by atoms with E-state index in [9.17, 15) is 0 Å². The molecule has 0 fully saturated rings. The summed E-state index contributed by atoms with van der Waals surface area (Å²) in [6.45, 7) is 7.07. The number of pyridine rings is 1. The maximum absolute atomic E-state index is 4.68. The number of rotatable bonds is 4. The Morgan fingerprint density at radius 2 is 1.95 bits per heavy atom. The minimum atomic E-state index is 0.757. The highest BCUT2D eigenvalue weighted by atomic mass is 32.1. The largest absolute Gasteiger partial charge is 0.379 e. The first-order valence-corrected chi connectivity index (χ1v) is 8.04. The number of aryl methyl sites for hydroxylation is 3. The molecule has 0 radical (unpaired) electrons. The molecule has 0 bridgehead atoms. The number of nitrogens with one attached hydrogen (secondary N) is 1. The Hall–Kier alpha value is -1.94. The molecule has 4 heteroatoms. The van der Waals surface area contributed by atoms with Gasteiger partial charge in [-0.3, -0.25) is 4.98 Å². The Morgan fingerprint density at radius 3 is 2.67 bits per heavy atom. The SMILES string of the molecule is CCc1cc(NCc2nc(C)sc2C)c2ccccc2n1. The molecule has 0 aliphatic heterocycles. The van der Waals surface area contributed by atoms with Crippen molar-refractivity contribution in [1.82, 2.24) is 9.97 Å². The molecule has 3 rings (SSSR count). The lowest BCUT2D eigenvalue weighted by atomic mass is 10.1. The van der Waals surface area contributed by atoms with Crippen LogP contribution < -0.4 is 5.32 Å². The van der Waals surface area contributed by atoms with Crippen LogP contribution in [0.4, 0.5) is 5.69 Å². The second-order valence-corrected chi connectivity index (χ2v) is 6.53. The van der Waals surface area contributed by atoms with Gasteiger partial charge in [-0.25, -0.2) is 4.98 Å². The zero-order chi connectivity index (χ0) is 14.8. The van der Waals surface area contributed by atoms with Crippen molar-refractivity contribution in [3.05, 3.63) is 51.6 Å². The number of nitrogens with zero attached hydrogens (tertiary/aromatic N) is 2. The minimum Gasteiger partial charge on any atom is -0.379 e. The number of hydrogen-bond acceptors (Lipinski definition) is 4. The molecule has 0 atom stereocenters. The molecule has 21 heavy (non-hydrogen) atoms. The highest BCUT2D eigenvalue weighted by Gasteiger charge is 2.08. The van der Waals surface area contributed by atoms with Crippen molar-refractivity contribution in [2.75, 3.05) is 5.32 Å². The molecule has 3 aromatic rings. The minimum absolute atomic E-state index is 0.757. The molecule has 0 saturated heterocycles. The standard InChI is InChI=1S/C17H19N3S/c1-4-13-9-16(14-7-5-6-8-15(14)20-13)18-10-17-11(2)21-12(3)19-17/h5-9H,4,10H2,1-3H3,(H,18,20). The maximum atomic E-state index is 4.68. The summed E-state index contributed by atoms with van der Waals surface area (Å²) in [5.41, 5.74) is 4.44. The van der Waals surface area contributed by atoms with Gasteiger partial charge in [0.2, 0.25) is 0 Å². The number of thiazole rings is 1. The number of para-hydroxylation sites is 1. The molecule has 2 aromatic heterocycles. The van der Waals surface area contributed by atoms with Crippen molar-refractivity contribution in [2.45, 2.75) is 33.7 Å². The Morgan fingerprint density at radius 1 is 1.14 bits per heavy atom. The van der Waals surface area contributed by atoms with Gasteiger partial charge < -0.3 is 5.32 Å². The third-order valence-electron chi connectivity index (χ3n) is 3.58. The van der Waals surface area contributed by atoms with Gasteiger partial charge in [0, 0.05) is 21.6 Å². The molecular formula is C17H19N3S. The van der Waals surface area contributed by atoms with E-state index in [2.05, 4.69) is 60.3 Å². The van der Waals surface area contributed by atoms with Crippen molar-refractivity contribution < 1.29 is 0 Å². The fourth-order valence-corrected chi connectivity index (χ4v) is 3.31. The first kappa shape index (κ1) is 14.0. The second-order valence-electron chi connectivity index (χ2n) is 5.12. The van der Waals surface area contributed by atoms with E-state index in [4.69, 9.17) is 0 Å². The summed E-state index contributed by atoms with van der Waals surface area (Å²) in [7, 11) is 0. The normalized spacial score (nSPS) is 11.0. The molecule has 0 spiro atoms. The Labute approximate surface area is 129 Å². The van der Waals surface area contributed by atoms with Crippen LogP contribution in [0.15, 0.2) is 30.3 Å². The summed E-state index contributed by atoms with van der Waals surface area (Å²) < 4.78 is 0. The molecule has 0 saturated carbocycles. The van der Waals surface area contributed by atoms with Gasteiger partial charge in [0.1, 0.15) is 0 Å². The smallest absolute Gasteiger partial charge is 0.0900 e. The Balaban J connectivity index is 1.94. The predicted molar refractivity (Wildman–Crippen MR) is 90.0 cm³/mol. The third-order valence-corrected chi connectivity index (χ3v) is 4.51. The lowest BCUT2D eigenvalue weighted by Crippen LogP contribution is -2.03. The summed E-state index contributed by atoms with van der Waals surface area (Å²) in [6, 6.07) is 10.4. The first-order valence-electron chi connectivity index (χ1n) is 7.23. The molecule has 0 aliphatic carbocycles. The molecule has 0 unspecified atom stereocenters. The van der Waals surface area contributed by atoms with E-state index >= 15 is 0 Å². The van der Waals surface area contributed by atoms with Crippen LogP contribution >= 0.6 is 11.3 Å². The molecule has 108 valence electrons.